The molecular weight excluding hydrogens is 232 g/mol. The van der Waals surface area contributed by atoms with Crippen LogP contribution < -0.4 is 0 Å². The van der Waals surface area contributed by atoms with Crippen LogP contribution in [0.15, 0.2) is 17.5 Å². The third-order valence-electron chi connectivity index (χ3n) is 2.66. The summed E-state index contributed by atoms with van der Waals surface area (Å²) >= 11 is 1.59. The van der Waals surface area contributed by atoms with E-state index in [-0.39, 0.29) is 0 Å². The van der Waals surface area contributed by atoms with Crippen molar-refractivity contribution in [3.05, 3.63) is 45.2 Å². The van der Waals surface area contributed by atoms with E-state index in [1.807, 2.05) is 38.3 Å². The molecule has 0 saturated carbocycles. The van der Waals surface area contributed by atoms with Gasteiger partial charge in [-0.2, -0.15) is 0 Å². The van der Waals surface area contributed by atoms with Gasteiger partial charge in [0.25, 0.3) is 0 Å². The maximum absolute atomic E-state index is 10.2. The van der Waals surface area contributed by atoms with Crippen LogP contribution in [0.5, 0.6) is 0 Å². The minimum absolute atomic E-state index is 0.520. The van der Waals surface area contributed by atoms with Crippen LogP contribution in [0.25, 0.3) is 0 Å². The molecule has 2 rings (SSSR count). The molecule has 0 radical (unpaired) electrons. The minimum Gasteiger partial charge on any atom is -0.388 e. The maximum Gasteiger partial charge on any atom is 0.0957 e. The summed E-state index contributed by atoms with van der Waals surface area (Å²) < 4.78 is 0. The Morgan fingerprint density at radius 1 is 1.18 bits per heavy atom. The number of nitrogens with zero attached hydrogens (tertiary/aromatic N) is 2. The molecule has 4 heteroatoms. The molecule has 0 bridgehead atoms. The first-order valence-electron chi connectivity index (χ1n) is 5.59. The molecule has 2 aromatic heterocycles. The van der Waals surface area contributed by atoms with Crippen molar-refractivity contribution in [2.45, 2.75) is 33.3 Å². The lowest BCUT2D eigenvalue weighted by Gasteiger charge is -2.12. The molecule has 0 spiro atoms. The van der Waals surface area contributed by atoms with E-state index in [9.17, 15) is 5.11 Å². The topological polar surface area (TPSA) is 46.0 Å². The number of hydrogen-bond acceptors (Lipinski definition) is 4. The third kappa shape index (κ3) is 2.90. The van der Waals surface area contributed by atoms with Crippen molar-refractivity contribution in [2.75, 3.05) is 0 Å². The summed E-state index contributed by atoms with van der Waals surface area (Å²) in [7, 11) is 0. The Hall–Kier alpha value is -1.26. The highest BCUT2D eigenvalue weighted by Crippen LogP contribution is 2.22. The van der Waals surface area contributed by atoms with Crippen LogP contribution in [0.2, 0.25) is 0 Å². The second kappa shape index (κ2) is 4.94. The number of aliphatic hydroxyl groups excluding tert-OH is 1. The van der Waals surface area contributed by atoms with E-state index in [2.05, 4.69) is 9.97 Å². The molecule has 0 amide bonds. The lowest BCUT2D eigenvalue weighted by Crippen LogP contribution is -2.05. The van der Waals surface area contributed by atoms with E-state index in [4.69, 9.17) is 0 Å². The van der Waals surface area contributed by atoms with Gasteiger partial charge in [-0.05, 0) is 26.8 Å². The molecule has 0 aromatic carbocycles. The van der Waals surface area contributed by atoms with Gasteiger partial charge in [0.1, 0.15) is 0 Å². The zero-order chi connectivity index (χ0) is 12.4. The SMILES string of the molecule is Cc1csc(CC(O)c2ccc(C)nc2C)n1. The standard InChI is InChI=1S/C13H16N2OS/c1-8-4-5-11(10(3)14-8)12(16)6-13-15-9(2)7-17-13/h4-5,7,12,16H,6H2,1-3H3. The third-order valence-corrected chi connectivity index (χ3v) is 3.65. The Bertz CT molecular complexity index is 522. The normalized spacial score (nSPS) is 12.7. The van der Waals surface area contributed by atoms with Crippen molar-refractivity contribution < 1.29 is 5.11 Å². The van der Waals surface area contributed by atoms with E-state index in [0.29, 0.717) is 6.42 Å². The molecule has 0 aliphatic rings. The maximum atomic E-state index is 10.2. The molecule has 0 aliphatic heterocycles. The summed E-state index contributed by atoms with van der Waals surface area (Å²) in [5.41, 5.74) is 3.77. The van der Waals surface area contributed by atoms with Crippen molar-refractivity contribution in [3.63, 3.8) is 0 Å². The zero-order valence-electron chi connectivity index (χ0n) is 10.3. The van der Waals surface area contributed by atoms with Crippen LogP contribution in [-0.2, 0) is 6.42 Å². The van der Waals surface area contributed by atoms with Crippen LogP contribution in [0.1, 0.15) is 33.8 Å². The quantitative estimate of drug-likeness (QED) is 0.908. The summed E-state index contributed by atoms with van der Waals surface area (Å²) in [6, 6.07) is 3.88. The predicted molar refractivity (Wildman–Crippen MR) is 69.2 cm³/mol. The molecule has 3 nitrogen and oxygen atoms in total. The molecule has 1 N–H and O–H groups in total. The van der Waals surface area contributed by atoms with Crippen molar-refractivity contribution in [2.24, 2.45) is 0 Å². The van der Waals surface area contributed by atoms with E-state index >= 15 is 0 Å². The average Bonchev–Trinajstić information content (AvgIpc) is 2.63. The van der Waals surface area contributed by atoms with Crippen LogP contribution in [-0.4, -0.2) is 15.1 Å². The van der Waals surface area contributed by atoms with Crippen LogP contribution in [0.4, 0.5) is 0 Å². The lowest BCUT2D eigenvalue weighted by molar-refractivity contribution is 0.177. The van der Waals surface area contributed by atoms with E-state index in [0.717, 1.165) is 27.7 Å². The first-order valence-corrected chi connectivity index (χ1v) is 6.47. The molecule has 90 valence electrons. The fourth-order valence-electron chi connectivity index (χ4n) is 1.82. The van der Waals surface area contributed by atoms with Crippen molar-refractivity contribution in [3.8, 4) is 0 Å². The highest BCUT2D eigenvalue weighted by atomic mass is 32.1. The van der Waals surface area contributed by atoms with Crippen molar-refractivity contribution in [1.29, 1.82) is 0 Å². The molecule has 1 unspecified atom stereocenters. The zero-order valence-corrected chi connectivity index (χ0v) is 11.1. The number of thiazole rings is 1. The minimum atomic E-state index is -0.520. The molecule has 2 aromatic rings. The molecule has 0 fully saturated rings. The number of hydrogen-bond donors (Lipinski definition) is 1. The van der Waals surface area contributed by atoms with Crippen molar-refractivity contribution >= 4 is 11.3 Å². The highest BCUT2D eigenvalue weighted by molar-refractivity contribution is 7.09. The van der Waals surface area contributed by atoms with Gasteiger partial charge in [0.05, 0.1) is 11.1 Å². The second-order valence-corrected chi connectivity index (χ2v) is 5.17. The Labute approximate surface area is 105 Å². The number of aromatic nitrogens is 2. The number of pyridine rings is 1. The summed E-state index contributed by atoms with van der Waals surface area (Å²) in [5.74, 6) is 0. The van der Waals surface area contributed by atoms with Gasteiger partial charge in [-0.25, -0.2) is 4.98 Å². The van der Waals surface area contributed by atoms with Gasteiger partial charge in [-0.1, -0.05) is 6.07 Å². The van der Waals surface area contributed by atoms with E-state index < -0.39 is 6.10 Å². The van der Waals surface area contributed by atoms with Gasteiger partial charge in [-0.15, -0.1) is 11.3 Å². The van der Waals surface area contributed by atoms with Crippen LogP contribution in [0.3, 0.4) is 0 Å². The smallest absolute Gasteiger partial charge is 0.0957 e. The average molecular weight is 248 g/mol. The highest BCUT2D eigenvalue weighted by Gasteiger charge is 2.13. The van der Waals surface area contributed by atoms with Crippen molar-refractivity contribution in [1.82, 2.24) is 9.97 Å². The predicted octanol–water partition coefficient (Wildman–Crippen LogP) is 2.74. The monoisotopic (exact) mass is 248 g/mol. The Kier molecular flexibility index (Phi) is 3.54. The van der Waals surface area contributed by atoms with Crippen LogP contribution >= 0.6 is 11.3 Å². The Balaban J connectivity index is 2.17. The lowest BCUT2D eigenvalue weighted by atomic mass is 10.1. The fourth-order valence-corrected chi connectivity index (χ4v) is 2.63. The number of rotatable bonds is 3. The second-order valence-electron chi connectivity index (χ2n) is 4.23. The van der Waals surface area contributed by atoms with Gasteiger partial charge >= 0.3 is 0 Å². The van der Waals surface area contributed by atoms with E-state index in [1.165, 1.54) is 0 Å². The van der Waals surface area contributed by atoms with Gasteiger partial charge in [0.2, 0.25) is 0 Å². The molecular formula is C13H16N2OS. The molecule has 1 atom stereocenters. The summed E-state index contributed by atoms with van der Waals surface area (Å²) in [6.07, 6.45) is 0.0398. The fraction of sp³-hybridized carbons (Fsp3) is 0.385. The van der Waals surface area contributed by atoms with Gasteiger partial charge in [0, 0.05) is 34.4 Å². The number of aliphatic hydroxyl groups is 1. The Morgan fingerprint density at radius 3 is 2.53 bits per heavy atom. The first-order chi connectivity index (χ1) is 8.06. The van der Waals surface area contributed by atoms with Gasteiger partial charge < -0.3 is 5.11 Å². The molecule has 0 saturated heterocycles. The number of aryl methyl sites for hydroxylation is 3. The molecule has 0 aliphatic carbocycles. The largest absolute Gasteiger partial charge is 0.388 e. The Morgan fingerprint density at radius 2 is 1.94 bits per heavy atom. The summed E-state index contributed by atoms with van der Waals surface area (Å²) in [6.45, 7) is 5.84. The van der Waals surface area contributed by atoms with Crippen LogP contribution in [0, 0.1) is 20.8 Å². The van der Waals surface area contributed by atoms with Gasteiger partial charge in [-0.3, -0.25) is 4.98 Å². The molecule has 2 heterocycles. The molecule has 17 heavy (non-hydrogen) atoms. The summed E-state index contributed by atoms with van der Waals surface area (Å²) in [5, 5.41) is 13.2. The van der Waals surface area contributed by atoms with E-state index in [1.54, 1.807) is 11.3 Å². The first kappa shape index (κ1) is 12.2. The van der Waals surface area contributed by atoms with Gasteiger partial charge in [0.15, 0.2) is 0 Å². The summed E-state index contributed by atoms with van der Waals surface area (Å²) in [4.78, 5) is 8.73.